The summed E-state index contributed by atoms with van der Waals surface area (Å²) >= 11 is 5.21. The van der Waals surface area contributed by atoms with Gasteiger partial charge in [0.05, 0.1) is 9.89 Å². The number of rotatable bonds is 5. The topological polar surface area (TPSA) is 35.2 Å². The molecule has 2 rings (SSSR count). The van der Waals surface area contributed by atoms with E-state index < -0.39 is 0 Å². The number of nitrogens with two attached hydrogens (primary N) is 1. The fraction of sp³-hybridized carbons (Fsp3) is 0.333. The van der Waals surface area contributed by atoms with Gasteiger partial charge in [0.15, 0.2) is 0 Å². The monoisotopic (exact) mass is 339 g/mol. The zero-order chi connectivity index (χ0) is 13.8. The average Bonchev–Trinajstić information content (AvgIpc) is 2.74. The first kappa shape index (κ1) is 14.6. The van der Waals surface area contributed by atoms with E-state index in [1.54, 1.807) is 11.3 Å². The minimum absolute atomic E-state index is 0.00117. The molecule has 0 bridgehead atoms. The lowest BCUT2D eigenvalue weighted by Crippen LogP contribution is -2.13. The van der Waals surface area contributed by atoms with Crippen LogP contribution in [0, 0.1) is 0 Å². The quantitative estimate of drug-likeness (QED) is 0.867. The summed E-state index contributed by atoms with van der Waals surface area (Å²) in [7, 11) is 0. The second kappa shape index (κ2) is 6.55. The van der Waals surface area contributed by atoms with E-state index in [2.05, 4.69) is 34.1 Å². The molecule has 102 valence electrons. The molecule has 1 atom stereocenters. The maximum absolute atomic E-state index is 6.27. The molecule has 0 saturated heterocycles. The normalized spacial score (nSPS) is 12.7. The number of benzene rings is 1. The predicted octanol–water partition coefficient (Wildman–Crippen LogP) is 4.54. The van der Waals surface area contributed by atoms with Crippen molar-refractivity contribution in [2.24, 2.45) is 5.73 Å². The van der Waals surface area contributed by atoms with Crippen molar-refractivity contribution in [1.29, 1.82) is 0 Å². The van der Waals surface area contributed by atoms with E-state index in [0.717, 1.165) is 21.5 Å². The van der Waals surface area contributed by atoms with Gasteiger partial charge < -0.3 is 10.5 Å². The van der Waals surface area contributed by atoms with Gasteiger partial charge >= 0.3 is 0 Å². The molecule has 0 aliphatic rings. The van der Waals surface area contributed by atoms with Crippen molar-refractivity contribution in [2.45, 2.75) is 32.4 Å². The second-order valence-electron chi connectivity index (χ2n) is 4.76. The van der Waals surface area contributed by atoms with Gasteiger partial charge in [0.25, 0.3) is 0 Å². The van der Waals surface area contributed by atoms with Gasteiger partial charge in [-0.15, -0.1) is 11.3 Å². The first-order valence-electron chi connectivity index (χ1n) is 6.31. The molecule has 19 heavy (non-hydrogen) atoms. The van der Waals surface area contributed by atoms with Crippen molar-refractivity contribution in [3.05, 3.63) is 50.6 Å². The Balaban J connectivity index is 2.08. The zero-order valence-electron chi connectivity index (χ0n) is 11.1. The summed E-state index contributed by atoms with van der Waals surface area (Å²) in [6.45, 7) is 4.05. The molecule has 0 fully saturated rings. The molecular weight excluding hydrogens is 322 g/mol. The highest BCUT2D eigenvalue weighted by molar-refractivity contribution is 9.11. The molecule has 0 saturated carbocycles. The standard InChI is InChI=1S/C15H18BrNOS/c1-10(2)18-12-5-3-4-11(8-12)14(17)9-13-6-7-15(16)19-13/h3-8,10,14H,9,17H2,1-2H3. The number of halogens is 1. The molecule has 0 aliphatic heterocycles. The minimum atomic E-state index is 0.00117. The first-order valence-corrected chi connectivity index (χ1v) is 7.92. The fourth-order valence-corrected chi connectivity index (χ4v) is 3.43. The van der Waals surface area contributed by atoms with Crippen LogP contribution in [0.25, 0.3) is 0 Å². The van der Waals surface area contributed by atoms with Gasteiger partial charge in [-0.05, 0) is 59.6 Å². The Bertz CT molecular complexity index is 538. The molecule has 1 aromatic carbocycles. The van der Waals surface area contributed by atoms with Gasteiger partial charge in [0.2, 0.25) is 0 Å². The smallest absolute Gasteiger partial charge is 0.120 e. The van der Waals surface area contributed by atoms with Crippen molar-refractivity contribution in [2.75, 3.05) is 0 Å². The Morgan fingerprint density at radius 3 is 2.68 bits per heavy atom. The predicted molar refractivity (Wildman–Crippen MR) is 84.9 cm³/mol. The molecule has 1 heterocycles. The summed E-state index contributed by atoms with van der Waals surface area (Å²) in [5.74, 6) is 0.885. The summed E-state index contributed by atoms with van der Waals surface area (Å²) in [5, 5.41) is 0. The van der Waals surface area contributed by atoms with Crippen molar-refractivity contribution in [3.8, 4) is 5.75 Å². The molecule has 0 aliphatic carbocycles. The summed E-state index contributed by atoms with van der Waals surface area (Å²) in [4.78, 5) is 1.29. The number of hydrogen-bond donors (Lipinski definition) is 1. The minimum Gasteiger partial charge on any atom is -0.491 e. The number of hydrogen-bond acceptors (Lipinski definition) is 3. The lowest BCUT2D eigenvalue weighted by molar-refractivity contribution is 0.242. The Morgan fingerprint density at radius 1 is 1.26 bits per heavy atom. The molecule has 2 nitrogen and oxygen atoms in total. The fourth-order valence-electron chi connectivity index (χ4n) is 1.89. The highest BCUT2D eigenvalue weighted by atomic mass is 79.9. The Kier molecular flexibility index (Phi) is 5.02. The molecule has 0 spiro atoms. The molecular formula is C15H18BrNOS. The van der Waals surface area contributed by atoms with Crippen LogP contribution in [0.1, 0.15) is 30.3 Å². The molecule has 2 N–H and O–H groups in total. The molecule has 1 aromatic heterocycles. The third kappa shape index (κ3) is 4.34. The third-order valence-corrected chi connectivity index (χ3v) is 4.35. The van der Waals surface area contributed by atoms with Crippen molar-refractivity contribution < 1.29 is 4.74 Å². The van der Waals surface area contributed by atoms with Crippen LogP contribution in [0.2, 0.25) is 0 Å². The van der Waals surface area contributed by atoms with E-state index in [1.807, 2.05) is 32.0 Å². The van der Waals surface area contributed by atoms with Gasteiger partial charge in [-0.25, -0.2) is 0 Å². The van der Waals surface area contributed by atoms with Crippen molar-refractivity contribution >= 4 is 27.3 Å². The second-order valence-corrected chi connectivity index (χ2v) is 7.30. The summed E-state index contributed by atoms with van der Waals surface area (Å²) in [5.41, 5.74) is 7.39. The Labute approximate surface area is 126 Å². The van der Waals surface area contributed by atoms with E-state index in [1.165, 1.54) is 4.88 Å². The van der Waals surface area contributed by atoms with E-state index in [9.17, 15) is 0 Å². The van der Waals surface area contributed by atoms with Gasteiger partial charge in [0, 0.05) is 17.3 Å². The number of thiophene rings is 1. The molecule has 4 heteroatoms. The molecule has 0 radical (unpaired) electrons. The van der Waals surface area contributed by atoms with Crippen molar-refractivity contribution in [3.63, 3.8) is 0 Å². The van der Waals surface area contributed by atoms with E-state index in [0.29, 0.717) is 0 Å². The van der Waals surface area contributed by atoms with Gasteiger partial charge in [-0.3, -0.25) is 0 Å². The van der Waals surface area contributed by atoms with Crippen LogP contribution in [0.4, 0.5) is 0 Å². The molecule has 0 amide bonds. The summed E-state index contributed by atoms with van der Waals surface area (Å²) in [6.07, 6.45) is 1.03. The average molecular weight is 340 g/mol. The summed E-state index contributed by atoms with van der Waals surface area (Å²) in [6, 6.07) is 12.2. The lowest BCUT2D eigenvalue weighted by Gasteiger charge is -2.14. The van der Waals surface area contributed by atoms with Crippen LogP contribution in [0.15, 0.2) is 40.2 Å². The maximum Gasteiger partial charge on any atom is 0.120 e. The van der Waals surface area contributed by atoms with Crippen LogP contribution in [-0.2, 0) is 6.42 Å². The largest absolute Gasteiger partial charge is 0.491 e. The SMILES string of the molecule is CC(C)Oc1cccc(C(N)Cc2ccc(Br)s2)c1. The van der Waals surface area contributed by atoms with Crippen molar-refractivity contribution in [1.82, 2.24) is 0 Å². The number of ether oxygens (including phenoxy) is 1. The van der Waals surface area contributed by atoms with E-state index in [-0.39, 0.29) is 12.1 Å². The van der Waals surface area contributed by atoms with Crippen LogP contribution in [0.3, 0.4) is 0 Å². The Morgan fingerprint density at radius 2 is 2.05 bits per heavy atom. The highest BCUT2D eigenvalue weighted by Gasteiger charge is 2.10. The summed E-state index contributed by atoms with van der Waals surface area (Å²) < 4.78 is 6.84. The lowest BCUT2D eigenvalue weighted by atomic mass is 10.0. The van der Waals surface area contributed by atoms with Crippen LogP contribution in [-0.4, -0.2) is 6.10 Å². The zero-order valence-corrected chi connectivity index (χ0v) is 13.5. The first-order chi connectivity index (χ1) is 9.04. The maximum atomic E-state index is 6.27. The van der Waals surface area contributed by atoms with Crippen LogP contribution in [0.5, 0.6) is 5.75 Å². The molecule has 1 unspecified atom stereocenters. The van der Waals surface area contributed by atoms with E-state index >= 15 is 0 Å². The molecule has 2 aromatic rings. The highest BCUT2D eigenvalue weighted by Crippen LogP contribution is 2.27. The van der Waals surface area contributed by atoms with Gasteiger partial charge in [-0.1, -0.05) is 12.1 Å². The third-order valence-electron chi connectivity index (χ3n) is 2.71. The van der Waals surface area contributed by atoms with Crippen LogP contribution >= 0.6 is 27.3 Å². The van der Waals surface area contributed by atoms with Gasteiger partial charge in [-0.2, -0.15) is 0 Å². The van der Waals surface area contributed by atoms with E-state index in [4.69, 9.17) is 10.5 Å². The Hall–Kier alpha value is -0.840. The van der Waals surface area contributed by atoms with Crippen LogP contribution < -0.4 is 10.5 Å². The van der Waals surface area contributed by atoms with Gasteiger partial charge in [0.1, 0.15) is 5.75 Å².